The lowest BCUT2D eigenvalue weighted by molar-refractivity contribution is -0.122. The van der Waals surface area contributed by atoms with Crippen molar-refractivity contribution in [1.29, 1.82) is 0 Å². The zero-order chi connectivity index (χ0) is 22.9. The molecule has 0 aliphatic heterocycles. The molecule has 9 heteroatoms. The van der Waals surface area contributed by atoms with Gasteiger partial charge < -0.3 is 14.4 Å². The first-order valence-corrected chi connectivity index (χ1v) is 11.6. The topological polar surface area (TPSA) is 108 Å². The van der Waals surface area contributed by atoms with Crippen molar-refractivity contribution in [3.63, 3.8) is 0 Å². The Balaban J connectivity index is 1.56. The minimum atomic E-state index is -0.238. The lowest BCUT2D eigenvalue weighted by Gasteiger charge is -2.13. The highest BCUT2D eigenvalue weighted by Gasteiger charge is 2.22. The van der Waals surface area contributed by atoms with Gasteiger partial charge in [-0.05, 0) is 38.3 Å². The highest BCUT2D eigenvalue weighted by molar-refractivity contribution is 6.06. The maximum Gasteiger partial charge on any atom is 0.278 e. The molecule has 1 saturated carbocycles. The van der Waals surface area contributed by atoms with Gasteiger partial charge >= 0.3 is 0 Å². The second-order valence-electron chi connectivity index (χ2n) is 8.88. The first-order chi connectivity index (χ1) is 16.0. The molecule has 1 amide bonds. The van der Waals surface area contributed by atoms with Crippen LogP contribution in [0, 0.1) is 6.92 Å². The number of carbonyl (C=O) groups excluding carboxylic acids is 1. The fourth-order valence-corrected chi connectivity index (χ4v) is 4.70. The van der Waals surface area contributed by atoms with Crippen LogP contribution < -0.4 is 10.9 Å². The average Bonchev–Trinajstić information content (AvgIpc) is 3.51. The van der Waals surface area contributed by atoms with E-state index in [1.807, 2.05) is 32.0 Å². The van der Waals surface area contributed by atoms with E-state index in [0.717, 1.165) is 55.0 Å². The van der Waals surface area contributed by atoms with Crippen molar-refractivity contribution in [2.24, 2.45) is 0 Å². The highest BCUT2D eigenvalue weighted by atomic mass is 16.5. The predicted octanol–water partition coefficient (Wildman–Crippen LogP) is 3.10. The van der Waals surface area contributed by atoms with Crippen LogP contribution in [0.3, 0.4) is 0 Å². The molecule has 33 heavy (non-hydrogen) atoms. The summed E-state index contributed by atoms with van der Waals surface area (Å²) >= 11 is 0. The van der Waals surface area contributed by atoms with E-state index in [1.165, 1.54) is 10.9 Å². The maximum absolute atomic E-state index is 13.5. The Labute approximate surface area is 190 Å². The van der Waals surface area contributed by atoms with Gasteiger partial charge in [-0.2, -0.15) is 4.98 Å². The number of nitrogens with one attached hydrogen (secondary N) is 1. The second kappa shape index (κ2) is 8.80. The molecular formula is C24H28N6O3. The number of carbonyl (C=O) groups is 1. The van der Waals surface area contributed by atoms with E-state index >= 15 is 0 Å². The third-order valence-electron chi connectivity index (χ3n) is 6.29. The van der Waals surface area contributed by atoms with Crippen LogP contribution in [-0.2, 0) is 24.3 Å². The van der Waals surface area contributed by atoms with Gasteiger partial charge in [0, 0.05) is 17.8 Å². The number of amides is 1. The van der Waals surface area contributed by atoms with Gasteiger partial charge in [0.05, 0.1) is 11.8 Å². The molecule has 4 aromatic rings. The molecule has 5 rings (SSSR count). The van der Waals surface area contributed by atoms with Crippen molar-refractivity contribution in [2.75, 3.05) is 0 Å². The van der Waals surface area contributed by atoms with Crippen LogP contribution in [0.1, 0.15) is 56.3 Å². The molecular weight excluding hydrogens is 420 g/mol. The molecule has 0 bridgehead atoms. The number of fused-ring (bicyclic) bond motifs is 3. The zero-order valence-corrected chi connectivity index (χ0v) is 19.0. The molecule has 172 valence electrons. The monoisotopic (exact) mass is 448 g/mol. The molecule has 0 saturated heterocycles. The van der Waals surface area contributed by atoms with Crippen molar-refractivity contribution in [1.82, 2.24) is 29.6 Å². The van der Waals surface area contributed by atoms with E-state index in [-0.39, 0.29) is 30.6 Å². The van der Waals surface area contributed by atoms with Crippen LogP contribution in [0.25, 0.3) is 21.9 Å². The Morgan fingerprint density at radius 1 is 1.27 bits per heavy atom. The smallest absolute Gasteiger partial charge is 0.278 e. The molecule has 9 nitrogen and oxygen atoms in total. The highest BCUT2D eigenvalue weighted by Crippen LogP contribution is 2.26. The quantitative estimate of drug-likeness (QED) is 0.465. The number of hydrogen-bond acceptors (Lipinski definition) is 6. The largest absolute Gasteiger partial charge is 0.352 e. The Kier molecular flexibility index (Phi) is 5.70. The second-order valence-corrected chi connectivity index (χ2v) is 8.88. The number of nitrogens with zero attached hydrogens (tertiary/aromatic N) is 5. The van der Waals surface area contributed by atoms with E-state index in [2.05, 4.69) is 20.4 Å². The summed E-state index contributed by atoms with van der Waals surface area (Å²) in [5.74, 6) is 0.902. The molecule has 0 unspecified atom stereocenters. The van der Waals surface area contributed by atoms with Gasteiger partial charge in [0.25, 0.3) is 5.56 Å². The van der Waals surface area contributed by atoms with Crippen LogP contribution in [0.2, 0.25) is 0 Å². The molecule has 1 aliphatic carbocycles. The van der Waals surface area contributed by atoms with Gasteiger partial charge in [-0.1, -0.05) is 36.6 Å². The SMILES string of the molecule is CCCc1noc(Cn2cnc3c4cc(C)ccc4n(CC(=O)NC4CCCC4)c3c2=O)n1. The normalized spacial score (nSPS) is 14.5. The summed E-state index contributed by atoms with van der Waals surface area (Å²) in [6, 6.07) is 6.17. The summed E-state index contributed by atoms with van der Waals surface area (Å²) in [4.78, 5) is 35.4. The molecule has 3 aromatic heterocycles. The molecule has 1 aromatic carbocycles. The lowest BCUT2D eigenvalue weighted by atomic mass is 10.1. The number of rotatable bonds is 7. The van der Waals surface area contributed by atoms with Gasteiger partial charge in [-0.25, -0.2) is 4.98 Å². The third-order valence-corrected chi connectivity index (χ3v) is 6.29. The van der Waals surface area contributed by atoms with Crippen molar-refractivity contribution in [2.45, 2.75) is 71.5 Å². The van der Waals surface area contributed by atoms with Crippen molar-refractivity contribution < 1.29 is 9.32 Å². The molecule has 1 N–H and O–H groups in total. The van der Waals surface area contributed by atoms with Crippen LogP contribution >= 0.6 is 0 Å². The number of aryl methyl sites for hydroxylation is 2. The maximum atomic E-state index is 13.5. The Hall–Kier alpha value is -3.49. The lowest BCUT2D eigenvalue weighted by Crippen LogP contribution is -2.35. The van der Waals surface area contributed by atoms with E-state index < -0.39 is 0 Å². The third kappa shape index (κ3) is 4.15. The Morgan fingerprint density at radius 3 is 2.88 bits per heavy atom. The summed E-state index contributed by atoms with van der Waals surface area (Å²) in [6.45, 7) is 4.25. The molecule has 0 spiro atoms. The Bertz CT molecular complexity index is 1380. The van der Waals surface area contributed by atoms with Gasteiger partial charge in [-0.3, -0.25) is 14.2 Å². The van der Waals surface area contributed by atoms with Crippen molar-refractivity contribution >= 4 is 27.8 Å². The van der Waals surface area contributed by atoms with E-state index in [9.17, 15) is 9.59 Å². The zero-order valence-electron chi connectivity index (χ0n) is 19.0. The number of benzene rings is 1. The van der Waals surface area contributed by atoms with E-state index in [1.54, 1.807) is 4.57 Å². The predicted molar refractivity (Wildman–Crippen MR) is 124 cm³/mol. The average molecular weight is 449 g/mol. The standard InChI is InChI=1S/C24H28N6O3/c1-3-6-19-27-21(33-28-19)13-29-14-25-22-17-11-15(2)9-10-18(17)30(23(22)24(29)32)12-20(31)26-16-7-4-5-8-16/h9-11,14,16H,3-8,12-13H2,1-2H3,(H,26,31). The fourth-order valence-electron chi connectivity index (χ4n) is 4.70. The summed E-state index contributed by atoms with van der Waals surface area (Å²) in [7, 11) is 0. The molecule has 3 heterocycles. The van der Waals surface area contributed by atoms with Crippen LogP contribution in [0.5, 0.6) is 0 Å². The van der Waals surface area contributed by atoms with Crippen LogP contribution in [-0.4, -0.2) is 36.2 Å². The minimum Gasteiger partial charge on any atom is -0.352 e. The van der Waals surface area contributed by atoms with Crippen LogP contribution in [0.4, 0.5) is 0 Å². The van der Waals surface area contributed by atoms with Gasteiger partial charge in [0.2, 0.25) is 11.8 Å². The van der Waals surface area contributed by atoms with Crippen molar-refractivity contribution in [3.05, 3.63) is 52.2 Å². The van der Waals surface area contributed by atoms with Crippen LogP contribution in [0.15, 0.2) is 33.8 Å². The summed E-state index contributed by atoms with van der Waals surface area (Å²) in [5, 5.41) is 7.96. The summed E-state index contributed by atoms with van der Waals surface area (Å²) in [5.41, 5.74) is 2.66. The fraction of sp³-hybridized carbons (Fsp3) is 0.458. The Morgan fingerprint density at radius 2 is 2.09 bits per heavy atom. The molecule has 0 radical (unpaired) electrons. The van der Waals surface area contributed by atoms with E-state index in [4.69, 9.17) is 4.52 Å². The summed E-state index contributed by atoms with van der Waals surface area (Å²) < 4.78 is 8.56. The number of aromatic nitrogens is 5. The summed E-state index contributed by atoms with van der Waals surface area (Å²) in [6.07, 6.45) is 7.45. The first-order valence-electron chi connectivity index (χ1n) is 11.6. The van der Waals surface area contributed by atoms with Crippen molar-refractivity contribution in [3.8, 4) is 0 Å². The minimum absolute atomic E-state index is 0.0711. The van der Waals surface area contributed by atoms with E-state index in [0.29, 0.717) is 22.7 Å². The number of hydrogen-bond donors (Lipinski definition) is 1. The van der Waals surface area contributed by atoms with Gasteiger partial charge in [0.15, 0.2) is 5.82 Å². The first kappa shape index (κ1) is 21.4. The van der Waals surface area contributed by atoms with Gasteiger partial charge in [0.1, 0.15) is 24.1 Å². The molecule has 1 fully saturated rings. The molecule has 1 aliphatic rings. The molecule has 0 atom stereocenters. The van der Waals surface area contributed by atoms with Gasteiger partial charge in [-0.15, -0.1) is 0 Å².